The van der Waals surface area contributed by atoms with Gasteiger partial charge in [-0.25, -0.2) is 19.7 Å². The highest BCUT2D eigenvalue weighted by molar-refractivity contribution is 5.86. The van der Waals surface area contributed by atoms with Crippen LogP contribution in [0.1, 0.15) is 5.69 Å². The van der Waals surface area contributed by atoms with Crippen molar-refractivity contribution in [3.63, 3.8) is 0 Å². The molecule has 0 unspecified atom stereocenters. The van der Waals surface area contributed by atoms with E-state index in [0.29, 0.717) is 33.6 Å². The lowest BCUT2D eigenvalue weighted by molar-refractivity contribution is -0.192. The van der Waals surface area contributed by atoms with Crippen molar-refractivity contribution in [2.75, 3.05) is 19.5 Å². The maximum atomic E-state index is 12.4. The highest BCUT2D eigenvalue weighted by atomic mass is 19.4. The van der Waals surface area contributed by atoms with Gasteiger partial charge >= 0.3 is 12.1 Å². The average molecular weight is 493 g/mol. The molecule has 35 heavy (non-hydrogen) atoms. The predicted molar refractivity (Wildman–Crippen MR) is 118 cm³/mol. The summed E-state index contributed by atoms with van der Waals surface area (Å²) < 4.78 is 42.1. The first-order valence-electron chi connectivity index (χ1n) is 9.64. The van der Waals surface area contributed by atoms with Gasteiger partial charge in [-0.15, -0.1) is 0 Å². The molecular weight excluding hydrogens is 475 g/mol. The fraction of sp³-hybridized carbons (Fsp3) is 0.190. The maximum absolute atomic E-state index is 12.4. The Kier molecular flexibility index (Phi) is 6.93. The van der Waals surface area contributed by atoms with E-state index >= 15 is 0 Å². The minimum absolute atomic E-state index is 0.0268. The Balaban J connectivity index is 0.000000429. The molecule has 0 atom stereocenters. The number of aromatic nitrogens is 4. The quantitative estimate of drug-likeness (QED) is 0.332. The summed E-state index contributed by atoms with van der Waals surface area (Å²) in [5, 5.41) is 21.2. The van der Waals surface area contributed by atoms with Crippen molar-refractivity contribution in [2.45, 2.75) is 13.1 Å². The zero-order valence-electron chi connectivity index (χ0n) is 18.4. The first-order chi connectivity index (χ1) is 16.4. The summed E-state index contributed by atoms with van der Waals surface area (Å²) >= 11 is 0. The largest absolute Gasteiger partial charge is 0.504 e. The number of hydrogen-bond acceptors (Lipinski definition) is 9. The van der Waals surface area contributed by atoms with Crippen LogP contribution in [0.4, 0.5) is 25.1 Å². The molecular formula is C21H18F3N5O6. The number of nitrogens with one attached hydrogen (secondary N) is 2. The molecule has 0 aliphatic rings. The van der Waals surface area contributed by atoms with Crippen molar-refractivity contribution in [3.05, 3.63) is 46.4 Å². The van der Waals surface area contributed by atoms with Gasteiger partial charge in [-0.1, -0.05) is 6.07 Å². The molecule has 0 bridgehead atoms. The van der Waals surface area contributed by atoms with E-state index in [-0.39, 0.29) is 23.2 Å². The van der Waals surface area contributed by atoms with Gasteiger partial charge in [-0.05, 0) is 25.1 Å². The number of nitrogens with zero attached hydrogens (tertiary/aromatic N) is 3. The molecule has 184 valence electrons. The van der Waals surface area contributed by atoms with Crippen LogP contribution in [0, 0.1) is 6.92 Å². The van der Waals surface area contributed by atoms with Crippen LogP contribution >= 0.6 is 0 Å². The van der Waals surface area contributed by atoms with Crippen LogP contribution in [-0.2, 0) is 4.79 Å². The number of aryl methyl sites for hydroxylation is 1. The summed E-state index contributed by atoms with van der Waals surface area (Å²) in [5.74, 6) is -1.55. The van der Waals surface area contributed by atoms with Gasteiger partial charge in [0.25, 0.3) is 5.56 Å². The lowest BCUT2D eigenvalue weighted by Gasteiger charge is -2.10. The monoisotopic (exact) mass is 493 g/mol. The van der Waals surface area contributed by atoms with Crippen LogP contribution in [0.5, 0.6) is 17.2 Å². The summed E-state index contributed by atoms with van der Waals surface area (Å²) in [6, 6.07) is 8.28. The van der Waals surface area contributed by atoms with Crippen molar-refractivity contribution < 1.29 is 37.7 Å². The molecule has 2 aromatic heterocycles. The smallest absolute Gasteiger partial charge is 0.490 e. The van der Waals surface area contributed by atoms with E-state index in [2.05, 4.69) is 25.3 Å². The number of phenolic OH excluding ortho intramolecular Hbond substituents is 1. The second kappa shape index (κ2) is 9.70. The predicted octanol–water partition coefficient (Wildman–Crippen LogP) is 3.27. The summed E-state index contributed by atoms with van der Waals surface area (Å²) in [4.78, 5) is 37.1. The molecule has 0 fully saturated rings. The standard InChI is InChI=1S/C19H17N5O4.C2HF3O2/c1-9-11-7-15(28-3)13(25)8-12(11)21-18(20-9)24-19-22-16-10(17(26)23-19)5-4-6-14(16)27-2;3-2(4,5)1(6)7/h4-8,25H,1-3H3,(H2,20,21,22,23,24,26);(H,6,7). The van der Waals surface area contributed by atoms with E-state index < -0.39 is 12.1 Å². The number of H-pyrrole nitrogens is 1. The maximum Gasteiger partial charge on any atom is 0.490 e. The molecule has 14 heteroatoms. The average Bonchev–Trinajstić information content (AvgIpc) is 2.78. The summed E-state index contributed by atoms with van der Waals surface area (Å²) in [5.41, 5.74) is 1.31. The zero-order valence-corrected chi connectivity index (χ0v) is 18.4. The van der Waals surface area contributed by atoms with Crippen molar-refractivity contribution >= 4 is 39.7 Å². The number of aromatic amines is 1. The molecule has 0 saturated carbocycles. The number of hydrogen-bond donors (Lipinski definition) is 4. The molecule has 2 heterocycles. The number of benzene rings is 2. The van der Waals surface area contributed by atoms with E-state index in [1.807, 2.05) is 6.92 Å². The number of anilines is 2. The van der Waals surface area contributed by atoms with Crippen molar-refractivity contribution in [1.29, 1.82) is 0 Å². The van der Waals surface area contributed by atoms with Gasteiger partial charge < -0.3 is 19.7 Å². The van der Waals surface area contributed by atoms with Crippen molar-refractivity contribution in [2.24, 2.45) is 0 Å². The molecule has 0 spiro atoms. The number of carboxylic acids is 1. The Morgan fingerprint density at radius 3 is 2.31 bits per heavy atom. The van der Waals surface area contributed by atoms with Crippen molar-refractivity contribution in [1.82, 2.24) is 19.9 Å². The van der Waals surface area contributed by atoms with Gasteiger partial charge in [0.05, 0.1) is 30.8 Å². The number of phenols is 1. The lowest BCUT2D eigenvalue weighted by atomic mass is 10.2. The molecule has 11 nitrogen and oxygen atoms in total. The van der Waals surface area contributed by atoms with Crippen LogP contribution in [0.3, 0.4) is 0 Å². The number of alkyl halides is 3. The van der Waals surface area contributed by atoms with Crippen LogP contribution in [0.2, 0.25) is 0 Å². The van der Waals surface area contributed by atoms with Crippen LogP contribution < -0.4 is 20.3 Å². The third kappa shape index (κ3) is 5.48. The molecule has 4 rings (SSSR count). The fourth-order valence-corrected chi connectivity index (χ4v) is 2.98. The van der Waals surface area contributed by atoms with E-state index in [1.165, 1.54) is 20.3 Å². The molecule has 4 N–H and O–H groups in total. The second-order valence-corrected chi connectivity index (χ2v) is 6.87. The van der Waals surface area contributed by atoms with Gasteiger partial charge in [-0.2, -0.15) is 13.2 Å². The summed E-state index contributed by atoms with van der Waals surface area (Å²) in [6.45, 7) is 1.81. The Hall–Kier alpha value is -4.62. The minimum atomic E-state index is -5.08. The van der Waals surface area contributed by atoms with Crippen LogP contribution in [0.25, 0.3) is 21.8 Å². The lowest BCUT2D eigenvalue weighted by Crippen LogP contribution is -2.21. The normalized spacial score (nSPS) is 11.0. The molecule has 4 aromatic rings. The Bertz CT molecular complexity index is 1470. The Morgan fingerprint density at radius 1 is 1.06 bits per heavy atom. The number of rotatable bonds is 4. The Morgan fingerprint density at radius 2 is 1.71 bits per heavy atom. The number of halogens is 3. The van der Waals surface area contributed by atoms with Gasteiger partial charge in [-0.3, -0.25) is 15.1 Å². The number of methoxy groups -OCH3 is 2. The van der Waals surface area contributed by atoms with Crippen LogP contribution in [0.15, 0.2) is 35.1 Å². The van der Waals surface area contributed by atoms with Gasteiger partial charge in [0, 0.05) is 11.5 Å². The van der Waals surface area contributed by atoms with E-state index in [0.717, 1.165) is 5.39 Å². The minimum Gasteiger partial charge on any atom is -0.504 e. The van der Waals surface area contributed by atoms with Gasteiger partial charge in [0.1, 0.15) is 11.3 Å². The first-order valence-corrected chi connectivity index (χ1v) is 9.64. The number of para-hydroxylation sites is 1. The number of carbonyl (C=O) groups is 1. The topological polar surface area (TPSA) is 160 Å². The molecule has 0 aliphatic carbocycles. The number of aromatic hydroxyl groups is 1. The number of fused-ring (bicyclic) bond motifs is 2. The highest BCUT2D eigenvalue weighted by Crippen LogP contribution is 2.32. The number of ether oxygens (including phenoxy) is 2. The number of carboxylic acid groups (broad SMARTS) is 1. The van der Waals surface area contributed by atoms with Crippen LogP contribution in [-0.4, -0.2) is 56.5 Å². The molecule has 0 radical (unpaired) electrons. The molecule has 2 aromatic carbocycles. The summed E-state index contributed by atoms with van der Waals surface area (Å²) in [7, 11) is 2.99. The third-order valence-electron chi connectivity index (χ3n) is 4.58. The third-order valence-corrected chi connectivity index (χ3v) is 4.58. The van der Waals surface area contributed by atoms with Gasteiger partial charge in [0.2, 0.25) is 11.9 Å². The van der Waals surface area contributed by atoms with Crippen molar-refractivity contribution in [3.8, 4) is 17.2 Å². The molecule has 0 amide bonds. The first kappa shape index (κ1) is 25.0. The number of aliphatic carboxylic acids is 1. The zero-order chi connectivity index (χ0) is 25.9. The van der Waals surface area contributed by atoms with E-state index in [1.54, 1.807) is 24.3 Å². The molecule has 0 aliphatic heterocycles. The Labute approximate surface area is 194 Å². The summed E-state index contributed by atoms with van der Waals surface area (Å²) in [6.07, 6.45) is -5.08. The van der Waals surface area contributed by atoms with Gasteiger partial charge in [0.15, 0.2) is 11.5 Å². The second-order valence-electron chi connectivity index (χ2n) is 6.87. The fourth-order valence-electron chi connectivity index (χ4n) is 2.98. The van der Waals surface area contributed by atoms with E-state index in [9.17, 15) is 23.1 Å². The van der Waals surface area contributed by atoms with E-state index in [4.69, 9.17) is 19.4 Å². The SMILES string of the molecule is COc1cc2c(C)nc(Nc3nc4c(OC)cccc4c(=O)[nH]3)nc2cc1O.O=C(O)C(F)(F)F. The highest BCUT2D eigenvalue weighted by Gasteiger charge is 2.38. The molecule has 0 saturated heterocycles.